The van der Waals surface area contributed by atoms with Crippen LogP contribution < -0.4 is 14.4 Å². The van der Waals surface area contributed by atoms with Crippen LogP contribution in [0.1, 0.15) is 17.9 Å². The van der Waals surface area contributed by atoms with Crippen molar-refractivity contribution in [3.63, 3.8) is 0 Å². The Labute approximate surface area is 170 Å². The first-order valence-electron chi connectivity index (χ1n) is 10.0. The second kappa shape index (κ2) is 9.09. The number of halogens is 1. The molecule has 6 heteroatoms. The quantitative estimate of drug-likeness (QED) is 0.528. The molecular weight excluding hydrogens is 371 g/mol. The molecule has 0 aromatic heterocycles. The lowest BCUT2D eigenvalue weighted by atomic mass is 9.98. The van der Waals surface area contributed by atoms with E-state index in [2.05, 4.69) is 9.80 Å². The number of rotatable bonds is 7. The van der Waals surface area contributed by atoms with Crippen molar-refractivity contribution in [1.29, 1.82) is 0 Å². The molecular formula is C23H25FN2O3. The first-order chi connectivity index (χ1) is 14.2. The number of anilines is 1. The summed E-state index contributed by atoms with van der Waals surface area (Å²) in [5, 5.41) is 0. The number of piperazine rings is 1. The number of carbonyl (C=O) groups excluding carboxylic acids is 1. The molecule has 152 valence electrons. The summed E-state index contributed by atoms with van der Waals surface area (Å²) >= 11 is 0. The highest BCUT2D eigenvalue weighted by atomic mass is 19.1. The van der Waals surface area contributed by atoms with E-state index in [1.165, 1.54) is 12.1 Å². The molecule has 0 amide bonds. The van der Waals surface area contributed by atoms with Gasteiger partial charge in [-0.3, -0.25) is 4.90 Å². The molecule has 5 nitrogen and oxygen atoms in total. The van der Waals surface area contributed by atoms with Crippen LogP contribution in [0.4, 0.5) is 10.1 Å². The first-order valence-corrected chi connectivity index (χ1v) is 10.0. The van der Waals surface area contributed by atoms with Crippen molar-refractivity contribution in [1.82, 2.24) is 4.90 Å². The number of nitrogens with zero attached hydrogens (tertiary/aromatic N) is 2. The van der Waals surface area contributed by atoms with Gasteiger partial charge < -0.3 is 19.2 Å². The summed E-state index contributed by atoms with van der Waals surface area (Å²) in [7, 11) is 0. The lowest BCUT2D eigenvalue weighted by Gasteiger charge is -2.36. The van der Waals surface area contributed by atoms with Gasteiger partial charge in [0, 0.05) is 50.0 Å². The second-order valence-corrected chi connectivity index (χ2v) is 7.32. The normalized spacial score (nSPS) is 18.8. The summed E-state index contributed by atoms with van der Waals surface area (Å²) in [5.74, 6) is 0.989. The maximum atomic E-state index is 13.1. The van der Waals surface area contributed by atoms with E-state index in [1.54, 1.807) is 12.3 Å². The molecule has 2 aliphatic heterocycles. The fraction of sp³-hybridized carbons (Fsp3) is 0.348. The standard InChI is InChI=1S/C23H25FN2O3/c24-19-2-4-20(5-3-19)26-12-10-25(11-13-26)9-1-14-28-21-6-7-22-18(17-27)8-15-29-23(22)16-21/h2-8,15-18H,1,9-14H2. The Morgan fingerprint density at radius 1 is 1.10 bits per heavy atom. The number of fused-ring (bicyclic) bond motifs is 1. The van der Waals surface area contributed by atoms with Gasteiger partial charge in [0.05, 0.1) is 18.8 Å². The summed E-state index contributed by atoms with van der Waals surface area (Å²) in [6.07, 6.45) is 5.14. The van der Waals surface area contributed by atoms with Gasteiger partial charge in [-0.15, -0.1) is 0 Å². The highest BCUT2D eigenvalue weighted by Crippen LogP contribution is 2.33. The fourth-order valence-corrected chi connectivity index (χ4v) is 3.76. The molecule has 1 saturated heterocycles. The molecule has 0 N–H and O–H groups in total. The molecule has 1 atom stereocenters. The zero-order valence-electron chi connectivity index (χ0n) is 16.3. The second-order valence-electron chi connectivity index (χ2n) is 7.32. The highest BCUT2D eigenvalue weighted by Gasteiger charge is 2.18. The van der Waals surface area contributed by atoms with E-state index in [1.807, 2.05) is 30.3 Å². The molecule has 0 radical (unpaired) electrons. The van der Waals surface area contributed by atoms with Crippen molar-refractivity contribution < 1.29 is 18.7 Å². The van der Waals surface area contributed by atoms with Gasteiger partial charge in [-0.25, -0.2) is 4.39 Å². The van der Waals surface area contributed by atoms with Crippen molar-refractivity contribution in [2.75, 3.05) is 44.2 Å². The van der Waals surface area contributed by atoms with Crippen LogP contribution in [0, 0.1) is 5.82 Å². The number of aldehydes is 1. The maximum Gasteiger partial charge on any atom is 0.134 e. The molecule has 2 aromatic rings. The van der Waals surface area contributed by atoms with Crippen LogP contribution in [0.5, 0.6) is 11.5 Å². The van der Waals surface area contributed by atoms with Crippen molar-refractivity contribution in [3.05, 3.63) is 66.2 Å². The van der Waals surface area contributed by atoms with E-state index in [9.17, 15) is 9.18 Å². The van der Waals surface area contributed by atoms with E-state index >= 15 is 0 Å². The molecule has 2 aromatic carbocycles. The highest BCUT2D eigenvalue weighted by molar-refractivity contribution is 5.68. The number of carbonyl (C=O) groups is 1. The monoisotopic (exact) mass is 396 g/mol. The first kappa shape index (κ1) is 19.5. The van der Waals surface area contributed by atoms with Crippen molar-refractivity contribution in [2.24, 2.45) is 0 Å². The van der Waals surface area contributed by atoms with Gasteiger partial charge in [0.2, 0.25) is 0 Å². The number of hydrogen-bond acceptors (Lipinski definition) is 5. The minimum absolute atomic E-state index is 0.196. The number of allylic oxidation sites excluding steroid dienone is 1. The van der Waals surface area contributed by atoms with Crippen LogP contribution in [0.15, 0.2) is 54.8 Å². The van der Waals surface area contributed by atoms with E-state index in [0.717, 1.165) is 62.4 Å². The van der Waals surface area contributed by atoms with E-state index in [-0.39, 0.29) is 11.7 Å². The van der Waals surface area contributed by atoms with Crippen molar-refractivity contribution in [3.8, 4) is 11.5 Å². The van der Waals surface area contributed by atoms with Crippen LogP contribution in [-0.2, 0) is 4.79 Å². The van der Waals surface area contributed by atoms with Crippen LogP contribution in [0.2, 0.25) is 0 Å². The van der Waals surface area contributed by atoms with Crippen molar-refractivity contribution >= 4 is 12.0 Å². The third-order valence-electron chi connectivity index (χ3n) is 5.42. The molecule has 4 rings (SSSR count). The van der Waals surface area contributed by atoms with Gasteiger partial charge >= 0.3 is 0 Å². The largest absolute Gasteiger partial charge is 0.493 e. The molecule has 0 bridgehead atoms. The average Bonchev–Trinajstić information content (AvgIpc) is 2.77. The summed E-state index contributed by atoms with van der Waals surface area (Å²) < 4.78 is 24.4. The molecule has 2 heterocycles. The predicted octanol–water partition coefficient (Wildman–Crippen LogP) is 3.61. The molecule has 2 aliphatic rings. The Kier molecular flexibility index (Phi) is 6.10. The van der Waals surface area contributed by atoms with Crippen LogP contribution in [-0.4, -0.2) is 50.5 Å². The summed E-state index contributed by atoms with van der Waals surface area (Å²) in [4.78, 5) is 15.8. The molecule has 1 fully saturated rings. The Bertz CT molecular complexity index is 861. The lowest BCUT2D eigenvalue weighted by Crippen LogP contribution is -2.46. The number of hydrogen-bond donors (Lipinski definition) is 0. The summed E-state index contributed by atoms with van der Waals surface area (Å²) in [6.45, 7) is 5.48. The fourth-order valence-electron chi connectivity index (χ4n) is 3.76. The van der Waals surface area contributed by atoms with E-state index in [0.29, 0.717) is 12.4 Å². The van der Waals surface area contributed by atoms with Gasteiger partial charge in [0.25, 0.3) is 0 Å². The topological polar surface area (TPSA) is 42.0 Å². The molecule has 0 saturated carbocycles. The number of benzene rings is 2. The minimum atomic E-state index is -0.249. The zero-order chi connectivity index (χ0) is 20.1. The summed E-state index contributed by atoms with van der Waals surface area (Å²) in [6, 6.07) is 12.3. The van der Waals surface area contributed by atoms with Gasteiger partial charge in [0.15, 0.2) is 0 Å². The molecule has 0 spiro atoms. The van der Waals surface area contributed by atoms with Crippen molar-refractivity contribution in [2.45, 2.75) is 12.3 Å². The molecule has 29 heavy (non-hydrogen) atoms. The SMILES string of the molecule is O=CC1C=COc2cc(OCCCN3CCN(c4ccc(F)cc4)CC3)ccc21. The zero-order valence-corrected chi connectivity index (χ0v) is 16.3. The lowest BCUT2D eigenvalue weighted by molar-refractivity contribution is -0.108. The van der Waals surface area contributed by atoms with E-state index in [4.69, 9.17) is 9.47 Å². The predicted molar refractivity (Wildman–Crippen MR) is 110 cm³/mol. The molecule has 1 unspecified atom stereocenters. The number of ether oxygens (including phenoxy) is 2. The third kappa shape index (κ3) is 4.77. The smallest absolute Gasteiger partial charge is 0.134 e. The van der Waals surface area contributed by atoms with Crippen LogP contribution >= 0.6 is 0 Å². The minimum Gasteiger partial charge on any atom is -0.493 e. The summed E-state index contributed by atoms with van der Waals surface area (Å²) in [5.41, 5.74) is 1.95. The Morgan fingerprint density at radius 3 is 2.66 bits per heavy atom. The van der Waals surface area contributed by atoms with Gasteiger partial charge in [-0.1, -0.05) is 6.07 Å². The maximum absolute atomic E-state index is 13.1. The third-order valence-corrected chi connectivity index (χ3v) is 5.42. The van der Waals surface area contributed by atoms with Crippen LogP contribution in [0.25, 0.3) is 0 Å². The Hall–Kier alpha value is -2.86. The average molecular weight is 396 g/mol. The van der Waals surface area contributed by atoms with Gasteiger partial charge in [-0.2, -0.15) is 0 Å². The van der Waals surface area contributed by atoms with E-state index < -0.39 is 0 Å². The molecule has 0 aliphatic carbocycles. The van der Waals surface area contributed by atoms with Gasteiger partial charge in [-0.05, 0) is 42.8 Å². The Balaban J connectivity index is 1.19. The Morgan fingerprint density at radius 2 is 1.90 bits per heavy atom. The van der Waals surface area contributed by atoms with Crippen LogP contribution in [0.3, 0.4) is 0 Å². The van der Waals surface area contributed by atoms with Gasteiger partial charge in [0.1, 0.15) is 23.6 Å².